The van der Waals surface area contributed by atoms with Gasteiger partial charge in [0.05, 0.1) is 5.92 Å². The molecule has 0 aromatic heterocycles. The molecule has 0 saturated carbocycles. The van der Waals surface area contributed by atoms with Gasteiger partial charge in [0.15, 0.2) is 0 Å². The van der Waals surface area contributed by atoms with Crippen LogP contribution in [0, 0.1) is 5.92 Å². The molecule has 1 aliphatic rings. The minimum absolute atomic E-state index is 0.0200. The minimum atomic E-state index is -0.0200. The van der Waals surface area contributed by atoms with Crippen LogP contribution in [0.4, 0.5) is 0 Å². The van der Waals surface area contributed by atoms with Gasteiger partial charge in [-0.25, -0.2) is 0 Å². The van der Waals surface area contributed by atoms with Gasteiger partial charge < -0.3 is 15.0 Å². The molecule has 0 spiro atoms. The molecule has 0 aliphatic carbocycles. The molecule has 0 bridgehead atoms. The van der Waals surface area contributed by atoms with E-state index in [1.807, 2.05) is 7.05 Å². The molecule has 0 aromatic rings. The van der Waals surface area contributed by atoms with E-state index in [1.54, 1.807) is 0 Å². The Morgan fingerprint density at radius 2 is 2.14 bits per heavy atom. The van der Waals surface area contributed by atoms with Crippen molar-refractivity contribution in [1.29, 1.82) is 0 Å². The zero-order valence-electron chi connectivity index (χ0n) is 9.08. The fourth-order valence-corrected chi connectivity index (χ4v) is 1.62. The highest BCUT2D eigenvalue weighted by atomic mass is 16.5. The first-order chi connectivity index (χ1) is 6.74. The summed E-state index contributed by atoms with van der Waals surface area (Å²) in [6, 6.07) is 0. The van der Waals surface area contributed by atoms with Crippen LogP contribution in [-0.2, 0) is 9.53 Å². The summed E-state index contributed by atoms with van der Waals surface area (Å²) in [5.41, 5.74) is 0. The van der Waals surface area contributed by atoms with Gasteiger partial charge in [0.1, 0.15) is 6.61 Å². The first kappa shape index (κ1) is 11.5. The molecule has 1 aliphatic heterocycles. The number of rotatable bonds is 4. The molecule has 0 atom stereocenters. The Morgan fingerprint density at radius 1 is 1.50 bits per heavy atom. The maximum absolute atomic E-state index is 11.5. The second kappa shape index (κ2) is 5.98. The van der Waals surface area contributed by atoms with Crippen LogP contribution in [-0.4, -0.2) is 51.2 Å². The third kappa shape index (κ3) is 3.64. The number of likely N-dealkylation sites (N-methyl/N-ethyl adjacent to an activating group) is 1. The highest BCUT2D eigenvalue weighted by Gasteiger charge is 2.24. The summed E-state index contributed by atoms with van der Waals surface area (Å²) >= 11 is 0. The Kier molecular flexibility index (Phi) is 4.90. The summed E-state index contributed by atoms with van der Waals surface area (Å²) in [6.07, 6.45) is 1.88. The molecule has 1 rings (SSSR count). The van der Waals surface area contributed by atoms with Crippen molar-refractivity contribution in [3.8, 4) is 0 Å². The fraction of sp³-hybridized carbons (Fsp3) is 0.900. The van der Waals surface area contributed by atoms with Gasteiger partial charge in [-0.15, -0.1) is 0 Å². The van der Waals surface area contributed by atoms with Gasteiger partial charge in [0.2, 0.25) is 0 Å². The van der Waals surface area contributed by atoms with Crippen LogP contribution in [0.1, 0.15) is 12.8 Å². The predicted molar refractivity (Wildman–Crippen MR) is 55.1 cm³/mol. The third-order valence-electron chi connectivity index (χ3n) is 2.65. The number of esters is 1. The zero-order valence-corrected chi connectivity index (χ0v) is 9.08. The Morgan fingerprint density at radius 3 is 2.71 bits per heavy atom. The summed E-state index contributed by atoms with van der Waals surface area (Å²) < 4.78 is 5.14. The van der Waals surface area contributed by atoms with Gasteiger partial charge in [-0.2, -0.15) is 0 Å². The molecule has 0 unspecified atom stereocenters. The average Bonchev–Trinajstić information content (AvgIpc) is 2.19. The van der Waals surface area contributed by atoms with Gasteiger partial charge in [0.25, 0.3) is 0 Å². The summed E-state index contributed by atoms with van der Waals surface area (Å²) in [7, 11) is 3.94. The van der Waals surface area contributed by atoms with E-state index in [0.717, 1.165) is 32.5 Å². The molecule has 82 valence electrons. The normalized spacial score (nSPS) is 19.6. The number of hydrogen-bond donors (Lipinski definition) is 1. The first-order valence-electron chi connectivity index (χ1n) is 5.24. The molecule has 1 fully saturated rings. The van der Waals surface area contributed by atoms with Crippen LogP contribution in [0.25, 0.3) is 0 Å². The van der Waals surface area contributed by atoms with Gasteiger partial charge in [0, 0.05) is 6.54 Å². The Labute approximate surface area is 85.6 Å². The van der Waals surface area contributed by atoms with Crippen molar-refractivity contribution in [2.75, 3.05) is 40.3 Å². The predicted octanol–water partition coefficient (Wildman–Crippen LogP) is 0.0908. The van der Waals surface area contributed by atoms with Crippen LogP contribution in [0.15, 0.2) is 0 Å². The second-order valence-corrected chi connectivity index (χ2v) is 3.85. The van der Waals surface area contributed by atoms with E-state index in [2.05, 4.69) is 17.3 Å². The number of nitrogens with one attached hydrogen (secondary N) is 1. The number of carbonyl (C=O) groups excluding carboxylic acids is 1. The van der Waals surface area contributed by atoms with Crippen LogP contribution < -0.4 is 5.32 Å². The molecule has 4 heteroatoms. The van der Waals surface area contributed by atoms with Crippen molar-refractivity contribution in [2.24, 2.45) is 5.92 Å². The third-order valence-corrected chi connectivity index (χ3v) is 2.65. The zero-order chi connectivity index (χ0) is 10.4. The van der Waals surface area contributed by atoms with Crippen molar-refractivity contribution in [1.82, 2.24) is 10.2 Å². The van der Waals surface area contributed by atoms with Gasteiger partial charge in [-0.05, 0) is 40.0 Å². The summed E-state index contributed by atoms with van der Waals surface area (Å²) in [4.78, 5) is 13.8. The molecule has 1 N–H and O–H groups in total. The lowest BCUT2D eigenvalue weighted by Crippen LogP contribution is -2.34. The lowest BCUT2D eigenvalue weighted by atomic mass is 9.97. The molecule has 0 aromatic carbocycles. The van der Waals surface area contributed by atoms with Crippen LogP contribution in [0.5, 0.6) is 0 Å². The molecule has 0 radical (unpaired) electrons. The van der Waals surface area contributed by atoms with Crippen molar-refractivity contribution in [3.63, 3.8) is 0 Å². The van der Waals surface area contributed by atoms with Gasteiger partial charge in [-0.3, -0.25) is 4.79 Å². The number of hydrogen-bond acceptors (Lipinski definition) is 4. The number of ether oxygens (including phenoxy) is 1. The van der Waals surface area contributed by atoms with Crippen molar-refractivity contribution in [3.05, 3.63) is 0 Å². The van der Waals surface area contributed by atoms with E-state index in [-0.39, 0.29) is 11.9 Å². The maximum atomic E-state index is 11.5. The van der Waals surface area contributed by atoms with E-state index in [0.29, 0.717) is 6.61 Å². The molecular weight excluding hydrogens is 180 g/mol. The highest BCUT2D eigenvalue weighted by Crippen LogP contribution is 2.17. The smallest absolute Gasteiger partial charge is 0.309 e. The second-order valence-electron chi connectivity index (χ2n) is 3.85. The van der Waals surface area contributed by atoms with Crippen LogP contribution in [0.2, 0.25) is 0 Å². The van der Waals surface area contributed by atoms with E-state index in [1.165, 1.54) is 0 Å². The van der Waals surface area contributed by atoms with Gasteiger partial charge >= 0.3 is 5.97 Å². The number of likely N-dealkylation sites (tertiary alicyclic amines) is 1. The monoisotopic (exact) mass is 200 g/mol. The van der Waals surface area contributed by atoms with E-state index in [9.17, 15) is 4.79 Å². The largest absolute Gasteiger partial charge is 0.464 e. The van der Waals surface area contributed by atoms with Crippen LogP contribution in [0.3, 0.4) is 0 Å². The van der Waals surface area contributed by atoms with Gasteiger partial charge in [-0.1, -0.05) is 0 Å². The van der Waals surface area contributed by atoms with E-state index in [4.69, 9.17) is 4.74 Å². The first-order valence-corrected chi connectivity index (χ1v) is 5.24. The topological polar surface area (TPSA) is 41.6 Å². The summed E-state index contributed by atoms with van der Waals surface area (Å²) in [5, 5.41) is 2.95. The standard InChI is InChI=1S/C10H20N2O2/c1-11-5-8-14-10(13)9-3-6-12(2)7-4-9/h9,11H,3-8H2,1-2H3. The van der Waals surface area contributed by atoms with E-state index >= 15 is 0 Å². The summed E-state index contributed by atoms with van der Waals surface area (Å²) in [5.74, 6) is 0.108. The maximum Gasteiger partial charge on any atom is 0.309 e. The molecular formula is C10H20N2O2. The summed E-state index contributed by atoms with van der Waals surface area (Å²) in [6.45, 7) is 3.23. The molecule has 14 heavy (non-hydrogen) atoms. The van der Waals surface area contributed by atoms with Crippen molar-refractivity contribution in [2.45, 2.75) is 12.8 Å². The minimum Gasteiger partial charge on any atom is -0.464 e. The molecule has 1 saturated heterocycles. The molecule has 1 heterocycles. The van der Waals surface area contributed by atoms with Crippen molar-refractivity contribution >= 4 is 5.97 Å². The Bertz CT molecular complexity index is 177. The Balaban J connectivity index is 2.17. The lowest BCUT2D eigenvalue weighted by molar-refractivity contribution is -0.149. The van der Waals surface area contributed by atoms with Crippen molar-refractivity contribution < 1.29 is 9.53 Å². The Hall–Kier alpha value is -0.610. The molecule has 0 amide bonds. The number of nitrogens with zero attached hydrogens (tertiary/aromatic N) is 1. The quantitative estimate of drug-likeness (QED) is 0.516. The fourth-order valence-electron chi connectivity index (χ4n) is 1.62. The highest BCUT2D eigenvalue weighted by molar-refractivity contribution is 5.72. The number of piperidine rings is 1. The van der Waals surface area contributed by atoms with Crippen LogP contribution >= 0.6 is 0 Å². The SMILES string of the molecule is CNCCOC(=O)C1CCN(C)CC1. The molecule has 4 nitrogen and oxygen atoms in total. The van der Waals surface area contributed by atoms with E-state index < -0.39 is 0 Å². The number of carbonyl (C=O) groups is 1. The lowest BCUT2D eigenvalue weighted by Gasteiger charge is -2.27. The average molecular weight is 200 g/mol.